The van der Waals surface area contributed by atoms with Crippen molar-refractivity contribution in [1.82, 2.24) is 10.2 Å². The summed E-state index contributed by atoms with van der Waals surface area (Å²) in [5.74, 6) is 0.914. The van der Waals surface area contributed by atoms with Crippen molar-refractivity contribution in [2.24, 2.45) is 5.73 Å². The number of nitrogens with two attached hydrogens (primary N) is 1. The molecular formula is C13H17N3OS. The van der Waals surface area contributed by atoms with Gasteiger partial charge in [0.25, 0.3) is 0 Å². The predicted octanol–water partition coefficient (Wildman–Crippen LogP) is 2.76. The van der Waals surface area contributed by atoms with E-state index >= 15 is 0 Å². The molecule has 0 saturated carbocycles. The zero-order valence-corrected chi connectivity index (χ0v) is 11.6. The number of aryl methyl sites for hydroxylation is 1. The third-order valence-electron chi connectivity index (χ3n) is 2.43. The molecule has 4 nitrogen and oxygen atoms in total. The van der Waals surface area contributed by atoms with Gasteiger partial charge in [-0.2, -0.15) is 0 Å². The highest BCUT2D eigenvalue weighted by molar-refractivity contribution is 7.14. The molecule has 0 spiro atoms. The third kappa shape index (κ3) is 2.86. The minimum Gasteiger partial charge on any atom is -0.491 e. The molecule has 0 radical (unpaired) electrons. The minimum atomic E-state index is 0.180. The van der Waals surface area contributed by atoms with Crippen LogP contribution in [0.4, 0.5) is 0 Å². The first-order valence-electron chi connectivity index (χ1n) is 5.90. The van der Waals surface area contributed by atoms with Crippen LogP contribution < -0.4 is 10.5 Å². The van der Waals surface area contributed by atoms with Crippen LogP contribution in [0.3, 0.4) is 0 Å². The van der Waals surface area contributed by atoms with Crippen molar-refractivity contribution in [1.29, 1.82) is 0 Å². The number of hydrogen-bond donors (Lipinski definition) is 1. The molecule has 0 unspecified atom stereocenters. The molecule has 2 N–H and O–H groups in total. The molecule has 1 aromatic carbocycles. The summed E-state index contributed by atoms with van der Waals surface area (Å²) in [5, 5.41) is 9.91. The first-order chi connectivity index (χ1) is 8.60. The number of ether oxygens (including phenoxy) is 1. The number of nitrogens with zero attached hydrogens (tertiary/aromatic N) is 2. The van der Waals surface area contributed by atoms with E-state index in [1.807, 2.05) is 32.9 Å². The van der Waals surface area contributed by atoms with Crippen molar-refractivity contribution in [3.05, 3.63) is 28.8 Å². The van der Waals surface area contributed by atoms with Crippen LogP contribution in [-0.2, 0) is 6.54 Å². The second kappa shape index (κ2) is 5.46. The summed E-state index contributed by atoms with van der Waals surface area (Å²) < 4.78 is 5.71. The number of hydrogen-bond acceptors (Lipinski definition) is 5. The zero-order chi connectivity index (χ0) is 13.1. The van der Waals surface area contributed by atoms with Gasteiger partial charge in [-0.25, -0.2) is 0 Å². The summed E-state index contributed by atoms with van der Waals surface area (Å²) >= 11 is 1.53. The molecule has 1 aromatic heterocycles. The lowest BCUT2D eigenvalue weighted by Gasteiger charge is -2.12. The van der Waals surface area contributed by atoms with E-state index < -0.39 is 0 Å². The van der Waals surface area contributed by atoms with Gasteiger partial charge in [-0.15, -0.1) is 10.2 Å². The fraction of sp³-hybridized carbons (Fsp3) is 0.385. The van der Waals surface area contributed by atoms with Crippen LogP contribution in [0.25, 0.3) is 10.6 Å². The molecule has 0 saturated heterocycles. The van der Waals surface area contributed by atoms with Crippen molar-refractivity contribution in [2.75, 3.05) is 0 Å². The first-order valence-corrected chi connectivity index (χ1v) is 6.72. The smallest absolute Gasteiger partial charge is 0.147 e. The Labute approximate surface area is 111 Å². The summed E-state index contributed by atoms with van der Waals surface area (Å²) in [7, 11) is 0. The normalized spacial score (nSPS) is 10.9. The Morgan fingerprint density at radius 2 is 2.11 bits per heavy atom. The minimum absolute atomic E-state index is 0.180. The largest absolute Gasteiger partial charge is 0.491 e. The molecule has 2 aromatic rings. The van der Waals surface area contributed by atoms with Gasteiger partial charge in [-0.1, -0.05) is 11.3 Å². The molecule has 18 heavy (non-hydrogen) atoms. The molecule has 0 aliphatic heterocycles. The van der Waals surface area contributed by atoms with Crippen molar-refractivity contribution in [2.45, 2.75) is 33.4 Å². The van der Waals surface area contributed by atoms with Gasteiger partial charge in [-0.3, -0.25) is 0 Å². The highest BCUT2D eigenvalue weighted by Gasteiger charge is 2.08. The fourth-order valence-electron chi connectivity index (χ4n) is 1.62. The van der Waals surface area contributed by atoms with Crippen molar-refractivity contribution in [3.8, 4) is 16.3 Å². The molecule has 0 aliphatic carbocycles. The van der Waals surface area contributed by atoms with Crippen LogP contribution in [0, 0.1) is 6.92 Å². The summed E-state index contributed by atoms with van der Waals surface area (Å²) in [6, 6.07) is 6.05. The van der Waals surface area contributed by atoms with Gasteiger partial charge >= 0.3 is 0 Å². The Hall–Kier alpha value is -1.46. The van der Waals surface area contributed by atoms with Crippen LogP contribution in [-0.4, -0.2) is 16.3 Å². The number of rotatable bonds is 4. The average molecular weight is 263 g/mol. The lowest BCUT2D eigenvalue weighted by atomic mass is 10.1. The third-order valence-corrected chi connectivity index (χ3v) is 3.42. The average Bonchev–Trinajstić information content (AvgIpc) is 2.80. The topological polar surface area (TPSA) is 61.0 Å². The van der Waals surface area contributed by atoms with Gasteiger partial charge in [0, 0.05) is 12.1 Å². The maximum absolute atomic E-state index is 5.71. The zero-order valence-electron chi connectivity index (χ0n) is 10.8. The second-order valence-electron chi connectivity index (χ2n) is 4.35. The maximum atomic E-state index is 5.71. The van der Waals surface area contributed by atoms with E-state index in [4.69, 9.17) is 10.5 Å². The lowest BCUT2D eigenvalue weighted by molar-refractivity contribution is 0.241. The van der Waals surface area contributed by atoms with Gasteiger partial charge in [-0.05, 0) is 44.5 Å². The maximum Gasteiger partial charge on any atom is 0.147 e. The lowest BCUT2D eigenvalue weighted by Crippen LogP contribution is -2.06. The second-order valence-corrected chi connectivity index (χ2v) is 5.41. The van der Waals surface area contributed by atoms with E-state index in [1.165, 1.54) is 11.3 Å². The SMILES string of the molecule is Cc1cc(-c2nnc(CN)s2)ccc1OC(C)C. The Morgan fingerprint density at radius 1 is 1.33 bits per heavy atom. The molecule has 0 fully saturated rings. The van der Waals surface area contributed by atoms with Gasteiger partial charge in [0.05, 0.1) is 6.10 Å². The Kier molecular flexibility index (Phi) is 3.93. The quantitative estimate of drug-likeness (QED) is 0.921. The summed E-state index contributed by atoms with van der Waals surface area (Å²) in [6.45, 7) is 6.51. The first kappa shape index (κ1) is 13.0. The molecule has 0 atom stereocenters. The van der Waals surface area contributed by atoms with Crippen LogP contribution in [0.2, 0.25) is 0 Å². The Morgan fingerprint density at radius 3 is 2.67 bits per heavy atom. The van der Waals surface area contributed by atoms with Crippen LogP contribution in [0.15, 0.2) is 18.2 Å². The van der Waals surface area contributed by atoms with Crippen LogP contribution in [0.5, 0.6) is 5.75 Å². The predicted molar refractivity (Wildman–Crippen MR) is 73.7 cm³/mol. The summed E-state index contributed by atoms with van der Waals surface area (Å²) in [4.78, 5) is 0. The van der Waals surface area contributed by atoms with Gasteiger partial charge in [0.1, 0.15) is 15.8 Å². The molecular weight excluding hydrogens is 246 g/mol. The molecule has 2 rings (SSSR count). The molecule has 5 heteroatoms. The van der Waals surface area contributed by atoms with Crippen LogP contribution in [0.1, 0.15) is 24.4 Å². The van der Waals surface area contributed by atoms with Gasteiger partial charge in [0.2, 0.25) is 0 Å². The van der Waals surface area contributed by atoms with E-state index in [-0.39, 0.29) is 6.10 Å². The monoisotopic (exact) mass is 263 g/mol. The fourth-order valence-corrected chi connectivity index (χ4v) is 2.34. The van der Waals surface area contributed by atoms with E-state index in [2.05, 4.69) is 16.3 Å². The summed E-state index contributed by atoms with van der Waals surface area (Å²) in [6.07, 6.45) is 0.180. The molecule has 0 bridgehead atoms. The van der Waals surface area contributed by atoms with Crippen molar-refractivity contribution >= 4 is 11.3 Å². The molecule has 1 heterocycles. The highest BCUT2D eigenvalue weighted by atomic mass is 32.1. The van der Waals surface area contributed by atoms with Gasteiger partial charge < -0.3 is 10.5 Å². The summed E-state index contributed by atoms with van der Waals surface area (Å²) in [5.41, 5.74) is 7.70. The molecule has 96 valence electrons. The van der Waals surface area contributed by atoms with Crippen molar-refractivity contribution < 1.29 is 4.74 Å². The number of aromatic nitrogens is 2. The standard InChI is InChI=1S/C13H17N3OS/c1-8(2)17-11-5-4-10(6-9(11)3)13-16-15-12(7-14)18-13/h4-6,8H,7,14H2,1-3H3. The number of benzene rings is 1. The van der Waals surface area contributed by atoms with E-state index in [1.54, 1.807) is 0 Å². The van der Waals surface area contributed by atoms with E-state index in [0.717, 1.165) is 26.9 Å². The highest BCUT2D eigenvalue weighted by Crippen LogP contribution is 2.28. The van der Waals surface area contributed by atoms with Crippen LogP contribution >= 0.6 is 11.3 Å². The van der Waals surface area contributed by atoms with Crippen molar-refractivity contribution in [3.63, 3.8) is 0 Å². The van der Waals surface area contributed by atoms with Gasteiger partial charge in [0.15, 0.2) is 0 Å². The van der Waals surface area contributed by atoms with E-state index in [0.29, 0.717) is 6.54 Å². The Bertz CT molecular complexity index is 537. The Balaban J connectivity index is 2.28. The molecule has 0 aliphatic rings. The molecule has 0 amide bonds. The van der Waals surface area contributed by atoms with E-state index in [9.17, 15) is 0 Å².